The molecule has 0 heterocycles. The molecular formula is C12H10Cl2O. The molecule has 0 radical (unpaired) electrons. The highest BCUT2D eigenvalue weighted by Crippen LogP contribution is 2.34. The molecule has 0 aliphatic rings. The lowest BCUT2D eigenvalue weighted by Gasteiger charge is -2.11. The number of halogens is 2. The number of fused-ring (bicyclic) bond motifs is 1. The number of aliphatic hydroxyl groups excluding tert-OH is 1. The van der Waals surface area contributed by atoms with Crippen molar-refractivity contribution in [1.82, 2.24) is 0 Å². The van der Waals surface area contributed by atoms with E-state index in [1.165, 1.54) is 0 Å². The van der Waals surface area contributed by atoms with E-state index in [1.807, 2.05) is 18.2 Å². The van der Waals surface area contributed by atoms with E-state index in [4.69, 9.17) is 23.2 Å². The van der Waals surface area contributed by atoms with E-state index < -0.39 is 6.10 Å². The first-order chi connectivity index (χ1) is 7.11. The van der Waals surface area contributed by atoms with E-state index in [0.717, 1.165) is 16.3 Å². The monoisotopic (exact) mass is 240 g/mol. The van der Waals surface area contributed by atoms with Crippen molar-refractivity contribution in [3.8, 4) is 0 Å². The summed E-state index contributed by atoms with van der Waals surface area (Å²) in [5.41, 5.74) is 0.806. The molecule has 78 valence electrons. The van der Waals surface area contributed by atoms with Crippen LogP contribution in [0.2, 0.25) is 10.0 Å². The van der Waals surface area contributed by atoms with Gasteiger partial charge < -0.3 is 5.11 Å². The smallest absolute Gasteiger partial charge is 0.0768 e. The first-order valence-corrected chi connectivity index (χ1v) is 5.41. The van der Waals surface area contributed by atoms with Crippen molar-refractivity contribution in [3.05, 3.63) is 45.9 Å². The third kappa shape index (κ3) is 1.83. The second kappa shape index (κ2) is 4.01. The van der Waals surface area contributed by atoms with Gasteiger partial charge in [-0.1, -0.05) is 41.4 Å². The van der Waals surface area contributed by atoms with Gasteiger partial charge in [0.05, 0.1) is 6.10 Å². The van der Waals surface area contributed by atoms with Crippen LogP contribution in [0.15, 0.2) is 30.3 Å². The van der Waals surface area contributed by atoms with Crippen LogP contribution in [0.3, 0.4) is 0 Å². The Morgan fingerprint density at radius 2 is 1.73 bits per heavy atom. The number of hydrogen-bond donors (Lipinski definition) is 1. The Balaban J connectivity index is 2.90. The minimum atomic E-state index is -0.551. The Hall–Kier alpha value is -0.760. The Kier molecular flexibility index (Phi) is 2.87. The van der Waals surface area contributed by atoms with E-state index >= 15 is 0 Å². The predicted molar refractivity (Wildman–Crippen MR) is 64.6 cm³/mol. The molecule has 0 saturated heterocycles. The molecule has 0 aliphatic carbocycles. The normalized spacial score (nSPS) is 13.1. The summed E-state index contributed by atoms with van der Waals surface area (Å²) in [6.45, 7) is 1.71. The zero-order valence-electron chi connectivity index (χ0n) is 8.17. The highest BCUT2D eigenvalue weighted by Gasteiger charge is 2.10. The summed E-state index contributed by atoms with van der Waals surface area (Å²) in [4.78, 5) is 0. The molecule has 1 unspecified atom stereocenters. The molecule has 0 amide bonds. The summed E-state index contributed by atoms with van der Waals surface area (Å²) in [5.74, 6) is 0. The molecule has 1 nitrogen and oxygen atoms in total. The maximum Gasteiger partial charge on any atom is 0.0768 e. The molecule has 0 aliphatic heterocycles. The summed E-state index contributed by atoms with van der Waals surface area (Å²) < 4.78 is 0. The van der Waals surface area contributed by atoms with Gasteiger partial charge in [0.1, 0.15) is 0 Å². The summed E-state index contributed by atoms with van der Waals surface area (Å²) in [7, 11) is 0. The zero-order chi connectivity index (χ0) is 11.0. The lowest BCUT2D eigenvalue weighted by atomic mass is 10.0. The Bertz CT molecular complexity index is 506. The van der Waals surface area contributed by atoms with Gasteiger partial charge in [0.15, 0.2) is 0 Å². The standard InChI is InChI=1S/C12H10Cl2O/c1-7(15)8-3-2-4-9-10(13)5-6-11(14)12(8)9/h2-7,15H,1H3. The first-order valence-electron chi connectivity index (χ1n) is 4.66. The fraction of sp³-hybridized carbons (Fsp3) is 0.167. The summed E-state index contributed by atoms with van der Waals surface area (Å²) >= 11 is 12.2. The van der Waals surface area contributed by atoms with Crippen LogP contribution in [0.1, 0.15) is 18.6 Å². The molecule has 0 fully saturated rings. The fourth-order valence-corrected chi connectivity index (χ4v) is 2.20. The number of rotatable bonds is 1. The van der Waals surface area contributed by atoms with Gasteiger partial charge in [0, 0.05) is 20.8 Å². The number of benzene rings is 2. The first kappa shape index (κ1) is 10.7. The van der Waals surface area contributed by atoms with Crippen LogP contribution < -0.4 is 0 Å². The second-order valence-corrected chi connectivity index (χ2v) is 4.29. The van der Waals surface area contributed by atoms with Gasteiger partial charge in [-0.15, -0.1) is 0 Å². The van der Waals surface area contributed by atoms with Crippen LogP contribution in [0.4, 0.5) is 0 Å². The molecule has 2 aromatic rings. The van der Waals surface area contributed by atoms with Crippen LogP contribution in [0, 0.1) is 0 Å². The van der Waals surface area contributed by atoms with E-state index in [-0.39, 0.29) is 0 Å². The third-order valence-corrected chi connectivity index (χ3v) is 3.06. The topological polar surface area (TPSA) is 20.2 Å². The summed E-state index contributed by atoms with van der Waals surface area (Å²) in [6, 6.07) is 9.13. The van der Waals surface area contributed by atoms with E-state index in [2.05, 4.69) is 0 Å². The van der Waals surface area contributed by atoms with E-state index in [9.17, 15) is 5.11 Å². The average molecular weight is 241 g/mol. The Labute approximate surface area is 98.2 Å². The van der Waals surface area contributed by atoms with Gasteiger partial charge in [-0.2, -0.15) is 0 Å². The molecule has 15 heavy (non-hydrogen) atoms. The lowest BCUT2D eigenvalue weighted by molar-refractivity contribution is 0.201. The van der Waals surface area contributed by atoms with Gasteiger partial charge >= 0.3 is 0 Å². The van der Waals surface area contributed by atoms with Crippen molar-refractivity contribution >= 4 is 34.0 Å². The number of aliphatic hydroxyl groups is 1. The Morgan fingerprint density at radius 1 is 1.07 bits per heavy atom. The molecule has 2 rings (SSSR count). The summed E-state index contributed by atoms with van der Waals surface area (Å²) in [6.07, 6.45) is -0.551. The van der Waals surface area contributed by atoms with Crippen molar-refractivity contribution in [3.63, 3.8) is 0 Å². The minimum absolute atomic E-state index is 0.551. The van der Waals surface area contributed by atoms with Gasteiger partial charge in [-0.05, 0) is 24.6 Å². The van der Waals surface area contributed by atoms with Gasteiger partial charge in [-0.25, -0.2) is 0 Å². The molecule has 0 spiro atoms. The molecule has 0 bridgehead atoms. The summed E-state index contributed by atoms with van der Waals surface area (Å²) in [5, 5.41) is 12.6. The van der Waals surface area contributed by atoms with Gasteiger partial charge in [0.2, 0.25) is 0 Å². The highest BCUT2D eigenvalue weighted by atomic mass is 35.5. The largest absolute Gasteiger partial charge is 0.389 e. The average Bonchev–Trinajstić information content (AvgIpc) is 2.23. The lowest BCUT2D eigenvalue weighted by Crippen LogP contribution is -1.93. The molecule has 0 saturated carbocycles. The van der Waals surface area contributed by atoms with Crippen LogP contribution in [0.5, 0.6) is 0 Å². The second-order valence-electron chi connectivity index (χ2n) is 3.47. The van der Waals surface area contributed by atoms with E-state index in [0.29, 0.717) is 10.0 Å². The van der Waals surface area contributed by atoms with Gasteiger partial charge in [0.25, 0.3) is 0 Å². The Morgan fingerprint density at radius 3 is 2.40 bits per heavy atom. The SMILES string of the molecule is CC(O)c1cccc2c(Cl)ccc(Cl)c12. The third-order valence-electron chi connectivity index (χ3n) is 2.42. The number of hydrogen-bond acceptors (Lipinski definition) is 1. The van der Waals surface area contributed by atoms with Crippen molar-refractivity contribution in [2.45, 2.75) is 13.0 Å². The molecule has 0 aromatic heterocycles. The van der Waals surface area contributed by atoms with Gasteiger partial charge in [-0.3, -0.25) is 0 Å². The quantitative estimate of drug-likeness (QED) is 0.793. The molecule has 1 N–H and O–H groups in total. The van der Waals surface area contributed by atoms with Crippen molar-refractivity contribution in [1.29, 1.82) is 0 Å². The molecular weight excluding hydrogens is 231 g/mol. The molecule has 3 heteroatoms. The van der Waals surface area contributed by atoms with Crippen molar-refractivity contribution < 1.29 is 5.11 Å². The van der Waals surface area contributed by atoms with Crippen molar-refractivity contribution in [2.24, 2.45) is 0 Å². The van der Waals surface area contributed by atoms with Crippen LogP contribution >= 0.6 is 23.2 Å². The van der Waals surface area contributed by atoms with Crippen LogP contribution in [-0.4, -0.2) is 5.11 Å². The maximum absolute atomic E-state index is 9.64. The van der Waals surface area contributed by atoms with Crippen molar-refractivity contribution in [2.75, 3.05) is 0 Å². The fourth-order valence-electron chi connectivity index (χ4n) is 1.70. The predicted octanol–water partition coefficient (Wildman–Crippen LogP) is 4.20. The minimum Gasteiger partial charge on any atom is -0.389 e. The highest BCUT2D eigenvalue weighted by molar-refractivity contribution is 6.40. The van der Waals surface area contributed by atoms with Crippen LogP contribution in [-0.2, 0) is 0 Å². The maximum atomic E-state index is 9.64. The van der Waals surface area contributed by atoms with E-state index in [1.54, 1.807) is 19.1 Å². The molecule has 2 aromatic carbocycles. The van der Waals surface area contributed by atoms with Crippen LogP contribution in [0.25, 0.3) is 10.8 Å². The zero-order valence-corrected chi connectivity index (χ0v) is 9.68. The molecule has 1 atom stereocenters.